The largest absolute Gasteiger partial charge is 0.392 e. The van der Waals surface area contributed by atoms with E-state index in [1.165, 1.54) is 19.3 Å². The molecule has 0 radical (unpaired) electrons. The molecule has 110 valence electrons. The summed E-state index contributed by atoms with van der Waals surface area (Å²) in [6.45, 7) is 2.13. The minimum Gasteiger partial charge on any atom is -0.392 e. The van der Waals surface area contributed by atoms with Crippen LogP contribution in [0.4, 0.5) is 0 Å². The smallest absolute Gasteiger partial charge is 0.149 e. The van der Waals surface area contributed by atoms with Crippen LogP contribution in [0.5, 0.6) is 0 Å². The molecule has 0 aromatic rings. The van der Waals surface area contributed by atoms with Gasteiger partial charge in [-0.1, -0.05) is 19.3 Å². The number of likely N-dealkylation sites (tertiary alicyclic amines) is 1. The van der Waals surface area contributed by atoms with Gasteiger partial charge in [-0.2, -0.15) is 0 Å². The van der Waals surface area contributed by atoms with E-state index >= 15 is 0 Å². The van der Waals surface area contributed by atoms with E-state index in [4.69, 9.17) is 0 Å². The van der Waals surface area contributed by atoms with Gasteiger partial charge in [0.05, 0.1) is 12.6 Å². The topological polar surface area (TPSA) is 43.8 Å². The average Bonchev–Trinajstić information content (AvgIpc) is 2.69. The summed E-state index contributed by atoms with van der Waals surface area (Å²) in [6.07, 6.45) is 6.40. The van der Waals surface area contributed by atoms with Crippen molar-refractivity contribution in [3.63, 3.8) is 0 Å². The van der Waals surface area contributed by atoms with Gasteiger partial charge < -0.3 is 10.0 Å². The molecule has 1 saturated heterocycles. The van der Waals surface area contributed by atoms with Crippen LogP contribution in [0.2, 0.25) is 0 Å². The minimum absolute atomic E-state index is 0.260. The summed E-state index contributed by atoms with van der Waals surface area (Å²) in [5.41, 5.74) is 0. The molecule has 0 aromatic carbocycles. The Kier molecular flexibility index (Phi) is 5.37. The molecule has 1 saturated carbocycles. The van der Waals surface area contributed by atoms with Crippen molar-refractivity contribution >= 4 is 5.78 Å². The molecule has 2 fully saturated rings. The van der Waals surface area contributed by atoms with Crippen LogP contribution in [0.15, 0.2) is 0 Å². The van der Waals surface area contributed by atoms with E-state index in [-0.39, 0.29) is 12.0 Å². The zero-order valence-electron chi connectivity index (χ0n) is 12.3. The van der Waals surface area contributed by atoms with Crippen LogP contribution < -0.4 is 0 Å². The van der Waals surface area contributed by atoms with Crippen molar-refractivity contribution in [1.29, 1.82) is 0 Å². The molecular weight excluding hydrogens is 240 g/mol. The molecule has 1 N–H and O–H groups in total. The first-order valence-corrected chi connectivity index (χ1v) is 7.66. The maximum atomic E-state index is 12.4. The molecule has 0 bridgehead atoms. The van der Waals surface area contributed by atoms with E-state index in [0.717, 1.165) is 25.8 Å². The van der Waals surface area contributed by atoms with Crippen molar-refractivity contribution in [2.45, 2.75) is 50.7 Å². The predicted molar refractivity (Wildman–Crippen MR) is 76.1 cm³/mol. The number of nitrogens with zero attached hydrogens (tertiary/aromatic N) is 2. The number of aliphatic hydroxyl groups excluding tert-OH is 1. The monoisotopic (exact) mass is 268 g/mol. The van der Waals surface area contributed by atoms with Crippen molar-refractivity contribution < 1.29 is 9.90 Å². The number of likely N-dealkylation sites (N-methyl/N-ethyl adjacent to an activating group) is 1. The first-order chi connectivity index (χ1) is 9.06. The highest BCUT2D eigenvalue weighted by atomic mass is 16.3. The fourth-order valence-corrected chi connectivity index (χ4v) is 3.52. The van der Waals surface area contributed by atoms with Gasteiger partial charge in [0.1, 0.15) is 5.78 Å². The Morgan fingerprint density at radius 3 is 2.58 bits per heavy atom. The number of hydrogen-bond acceptors (Lipinski definition) is 4. The van der Waals surface area contributed by atoms with Gasteiger partial charge >= 0.3 is 0 Å². The maximum absolute atomic E-state index is 12.4. The van der Waals surface area contributed by atoms with Crippen LogP contribution in [0.25, 0.3) is 0 Å². The SMILES string of the molecule is CN(C)CC1CC(O)CN1CC(=O)C1CCCCC1. The quantitative estimate of drug-likeness (QED) is 0.812. The van der Waals surface area contributed by atoms with Gasteiger partial charge in [-0.15, -0.1) is 0 Å². The second-order valence-electron chi connectivity index (χ2n) is 6.54. The van der Waals surface area contributed by atoms with Crippen molar-refractivity contribution in [1.82, 2.24) is 9.80 Å². The molecule has 0 aromatic heterocycles. The fraction of sp³-hybridized carbons (Fsp3) is 0.933. The Labute approximate surface area is 116 Å². The number of hydrogen-bond donors (Lipinski definition) is 1. The molecule has 1 aliphatic carbocycles. The number of carbonyl (C=O) groups is 1. The zero-order valence-corrected chi connectivity index (χ0v) is 12.3. The van der Waals surface area contributed by atoms with Crippen LogP contribution in [0.3, 0.4) is 0 Å². The van der Waals surface area contributed by atoms with E-state index in [2.05, 4.69) is 9.80 Å². The number of ketones is 1. The molecule has 0 amide bonds. The fourth-order valence-electron chi connectivity index (χ4n) is 3.52. The third kappa shape index (κ3) is 4.26. The van der Waals surface area contributed by atoms with Gasteiger partial charge in [0, 0.05) is 25.0 Å². The van der Waals surface area contributed by atoms with Gasteiger partial charge in [-0.25, -0.2) is 0 Å². The van der Waals surface area contributed by atoms with Crippen molar-refractivity contribution in [2.75, 3.05) is 33.7 Å². The lowest BCUT2D eigenvalue weighted by atomic mass is 9.86. The lowest BCUT2D eigenvalue weighted by molar-refractivity contribution is -0.125. The minimum atomic E-state index is -0.260. The molecule has 2 atom stereocenters. The predicted octanol–water partition coefficient (Wildman–Crippen LogP) is 1.13. The van der Waals surface area contributed by atoms with Gasteiger partial charge in [0.2, 0.25) is 0 Å². The Bertz CT molecular complexity index is 301. The summed E-state index contributed by atoms with van der Waals surface area (Å²) in [5.74, 6) is 0.684. The summed E-state index contributed by atoms with van der Waals surface area (Å²) >= 11 is 0. The van der Waals surface area contributed by atoms with E-state index in [1.807, 2.05) is 14.1 Å². The van der Waals surface area contributed by atoms with Crippen molar-refractivity contribution in [3.8, 4) is 0 Å². The summed E-state index contributed by atoms with van der Waals surface area (Å²) in [5, 5.41) is 9.83. The van der Waals surface area contributed by atoms with Crippen LogP contribution in [0.1, 0.15) is 38.5 Å². The van der Waals surface area contributed by atoms with E-state index in [0.29, 0.717) is 24.9 Å². The Morgan fingerprint density at radius 1 is 1.26 bits per heavy atom. The summed E-state index contributed by atoms with van der Waals surface area (Å²) in [6, 6.07) is 0.331. The Balaban J connectivity index is 1.86. The summed E-state index contributed by atoms with van der Waals surface area (Å²) in [4.78, 5) is 16.7. The highest BCUT2D eigenvalue weighted by Gasteiger charge is 2.33. The Hall–Kier alpha value is -0.450. The number of rotatable bonds is 5. The van der Waals surface area contributed by atoms with Gasteiger partial charge in [0.15, 0.2) is 0 Å². The third-order valence-electron chi connectivity index (χ3n) is 4.50. The van der Waals surface area contributed by atoms with Gasteiger partial charge in [-0.05, 0) is 33.4 Å². The molecule has 1 heterocycles. The van der Waals surface area contributed by atoms with Crippen molar-refractivity contribution in [2.24, 2.45) is 5.92 Å². The molecule has 2 rings (SSSR count). The number of aliphatic hydroxyl groups is 1. The number of β-amino-alcohol motifs (C(OH)–C–C–N with tert-alkyl or cyclic N) is 1. The van der Waals surface area contributed by atoms with Crippen LogP contribution in [-0.2, 0) is 4.79 Å². The normalized spacial score (nSPS) is 30.1. The third-order valence-corrected chi connectivity index (χ3v) is 4.50. The number of Topliss-reactive ketones (excluding diaryl/α,β-unsaturated/α-hetero) is 1. The maximum Gasteiger partial charge on any atom is 0.149 e. The van der Waals surface area contributed by atoms with Gasteiger partial charge in [-0.3, -0.25) is 9.69 Å². The first kappa shape index (κ1) is 14.9. The summed E-state index contributed by atoms with van der Waals surface area (Å²) < 4.78 is 0. The lowest BCUT2D eigenvalue weighted by Crippen LogP contribution is -2.42. The molecule has 0 spiro atoms. The molecular formula is C15H28N2O2. The highest BCUT2D eigenvalue weighted by molar-refractivity contribution is 5.83. The molecule has 19 heavy (non-hydrogen) atoms. The first-order valence-electron chi connectivity index (χ1n) is 7.66. The van der Waals surface area contributed by atoms with E-state index < -0.39 is 0 Å². The standard InChI is InChI=1S/C15H28N2O2/c1-16(2)9-13-8-14(18)10-17(13)11-15(19)12-6-4-3-5-7-12/h12-14,18H,3-11H2,1-2H3. The van der Waals surface area contributed by atoms with Crippen LogP contribution in [0, 0.1) is 5.92 Å². The lowest BCUT2D eigenvalue weighted by Gasteiger charge is -2.28. The zero-order chi connectivity index (χ0) is 13.8. The van der Waals surface area contributed by atoms with Crippen molar-refractivity contribution in [3.05, 3.63) is 0 Å². The van der Waals surface area contributed by atoms with Crippen LogP contribution in [-0.4, -0.2) is 66.6 Å². The van der Waals surface area contributed by atoms with Crippen LogP contribution >= 0.6 is 0 Å². The average molecular weight is 268 g/mol. The second-order valence-corrected chi connectivity index (χ2v) is 6.54. The molecule has 2 unspecified atom stereocenters. The molecule has 2 aliphatic rings. The van der Waals surface area contributed by atoms with E-state index in [1.54, 1.807) is 0 Å². The summed E-state index contributed by atoms with van der Waals surface area (Å²) in [7, 11) is 4.09. The number of carbonyl (C=O) groups excluding carboxylic acids is 1. The highest BCUT2D eigenvalue weighted by Crippen LogP contribution is 2.26. The van der Waals surface area contributed by atoms with Gasteiger partial charge in [0.25, 0.3) is 0 Å². The molecule has 1 aliphatic heterocycles. The second kappa shape index (κ2) is 6.82. The van der Waals surface area contributed by atoms with E-state index in [9.17, 15) is 9.90 Å². The molecule has 4 heteroatoms. The Morgan fingerprint density at radius 2 is 1.95 bits per heavy atom. The molecule has 4 nitrogen and oxygen atoms in total.